The van der Waals surface area contributed by atoms with E-state index in [1.807, 2.05) is 52.8 Å². The summed E-state index contributed by atoms with van der Waals surface area (Å²) in [7, 11) is 0. The summed E-state index contributed by atoms with van der Waals surface area (Å²) in [5.74, 6) is 0.0285. The highest BCUT2D eigenvalue weighted by atomic mass is 79.9. The number of carbonyl (C=O) groups excluding carboxylic acids is 1. The second-order valence-corrected chi connectivity index (χ2v) is 5.81. The van der Waals surface area contributed by atoms with Crippen LogP contribution in [0.5, 0.6) is 0 Å². The van der Waals surface area contributed by atoms with Gasteiger partial charge in [0.05, 0.1) is 0 Å². The largest absolute Gasteiger partial charge is 0.306 e. The minimum Gasteiger partial charge on any atom is -0.306 e. The topological polar surface area (TPSA) is 20.3 Å². The van der Waals surface area contributed by atoms with Crippen LogP contribution in [0.1, 0.15) is 33.3 Å². The van der Waals surface area contributed by atoms with Crippen molar-refractivity contribution in [2.75, 3.05) is 4.90 Å². The summed E-state index contributed by atoms with van der Waals surface area (Å²) >= 11 is 3.51. The molecule has 1 aromatic carbocycles. The highest BCUT2D eigenvalue weighted by molar-refractivity contribution is 9.10. The third kappa shape index (κ3) is 3.70. The molecule has 2 nitrogen and oxygen atoms in total. The van der Waals surface area contributed by atoms with Crippen molar-refractivity contribution in [1.82, 2.24) is 0 Å². The van der Waals surface area contributed by atoms with Crippen molar-refractivity contribution in [3.8, 4) is 0 Å². The van der Waals surface area contributed by atoms with Crippen molar-refractivity contribution in [2.24, 2.45) is 0 Å². The maximum absolute atomic E-state index is 12.2. The summed E-state index contributed by atoms with van der Waals surface area (Å²) in [5, 5.41) is 0. The van der Waals surface area contributed by atoms with Gasteiger partial charge < -0.3 is 4.90 Å². The molecule has 98 valence electrons. The van der Waals surface area contributed by atoms with Gasteiger partial charge >= 0.3 is 0 Å². The molecule has 0 radical (unpaired) electrons. The Hall–Kier alpha value is -1.09. The van der Waals surface area contributed by atoms with Gasteiger partial charge in [0.1, 0.15) is 0 Å². The van der Waals surface area contributed by atoms with Crippen LogP contribution in [0.3, 0.4) is 0 Å². The summed E-state index contributed by atoms with van der Waals surface area (Å²) < 4.78 is 1.02. The summed E-state index contributed by atoms with van der Waals surface area (Å²) in [5.41, 5.74) is 3.10. The molecule has 0 fully saturated rings. The van der Waals surface area contributed by atoms with Gasteiger partial charge in [-0.05, 0) is 52.3 Å². The van der Waals surface area contributed by atoms with E-state index < -0.39 is 0 Å². The Morgan fingerprint density at radius 3 is 2.39 bits per heavy atom. The van der Waals surface area contributed by atoms with E-state index in [9.17, 15) is 4.79 Å². The molecule has 0 saturated carbocycles. The number of anilines is 1. The Kier molecular flexibility index (Phi) is 5.15. The molecule has 0 heterocycles. The standard InChI is InChI=1S/C15H20BrNO/c1-10(2)8-15(18)17(11(3)4)13-7-6-12(5)14(16)9-13/h6-9,11H,1-5H3. The number of nitrogens with zero attached hydrogens (tertiary/aromatic N) is 1. The normalized spacial score (nSPS) is 10.4. The first-order valence-electron chi connectivity index (χ1n) is 6.07. The highest BCUT2D eigenvalue weighted by Gasteiger charge is 2.17. The zero-order valence-corrected chi connectivity index (χ0v) is 13.2. The van der Waals surface area contributed by atoms with E-state index in [2.05, 4.69) is 15.9 Å². The Balaban J connectivity index is 3.16. The molecule has 0 saturated heterocycles. The highest BCUT2D eigenvalue weighted by Crippen LogP contribution is 2.25. The third-order valence-corrected chi connectivity index (χ3v) is 3.45. The first kappa shape index (κ1) is 15.0. The van der Waals surface area contributed by atoms with E-state index in [1.54, 1.807) is 11.0 Å². The molecule has 0 bridgehead atoms. The van der Waals surface area contributed by atoms with E-state index in [0.29, 0.717) is 0 Å². The Labute approximate surface area is 118 Å². The van der Waals surface area contributed by atoms with Crippen molar-refractivity contribution in [3.63, 3.8) is 0 Å². The lowest BCUT2D eigenvalue weighted by atomic mass is 10.1. The van der Waals surface area contributed by atoms with Crippen LogP contribution in [0.25, 0.3) is 0 Å². The van der Waals surface area contributed by atoms with Gasteiger partial charge in [-0.2, -0.15) is 0 Å². The Morgan fingerprint density at radius 2 is 1.94 bits per heavy atom. The summed E-state index contributed by atoms with van der Waals surface area (Å²) in [4.78, 5) is 14.0. The lowest BCUT2D eigenvalue weighted by molar-refractivity contribution is -0.114. The van der Waals surface area contributed by atoms with Crippen LogP contribution >= 0.6 is 15.9 Å². The number of hydrogen-bond donors (Lipinski definition) is 0. The number of amides is 1. The Bertz CT molecular complexity index is 473. The predicted molar refractivity (Wildman–Crippen MR) is 80.9 cm³/mol. The van der Waals surface area contributed by atoms with Crippen LogP contribution in [0, 0.1) is 6.92 Å². The lowest BCUT2D eigenvalue weighted by Crippen LogP contribution is -2.35. The second kappa shape index (κ2) is 6.19. The number of allylic oxidation sites excluding steroid dienone is 1. The minimum atomic E-state index is 0.0285. The predicted octanol–water partition coefficient (Wildman–Crippen LogP) is 4.47. The van der Waals surface area contributed by atoms with E-state index >= 15 is 0 Å². The van der Waals surface area contributed by atoms with Crippen molar-refractivity contribution in [2.45, 2.75) is 40.7 Å². The minimum absolute atomic E-state index is 0.0285. The summed E-state index contributed by atoms with van der Waals surface area (Å²) in [6.07, 6.45) is 1.67. The fourth-order valence-corrected chi connectivity index (χ4v) is 2.09. The molecule has 1 aromatic rings. The molecule has 0 aromatic heterocycles. The smallest absolute Gasteiger partial charge is 0.251 e. The molecular weight excluding hydrogens is 290 g/mol. The van der Waals surface area contributed by atoms with Crippen molar-refractivity contribution >= 4 is 27.5 Å². The average Bonchev–Trinajstić information content (AvgIpc) is 2.21. The van der Waals surface area contributed by atoms with Crippen LogP contribution in [0.4, 0.5) is 5.69 Å². The zero-order valence-electron chi connectivity index (χ0n) is 11.6. The third-order valence-electron chi connectivity index (χ3n) is 2.60. The maximum Gasteiger partial charge on any atom is 0.251 e. The van der Waals surface area contributed by atoms with E-state index in [1.165, 1.54) is 0 Å². The second-order valence-electron chi connectivity index (χ2n) is 4.96. The SMILES string of the molecule is CC(C)=CC(=O)N(c1ccc(C)c(Br)c1)C(C)C. The fraction of sp³-hybridized carbons (Fsp3) is 0.400. The molecule has 1 rings (SSSR count). The van der Waals surface area contributed by atoms with Gasteiger partial charge in [0.15, 0.2) is 0 Å². The molecule has 0 aliphatic carbocycles. The van der Waals surface area contributed by atoms with Crippen LogP contribution in [-0.4, -0.2) is 11.9 Å². The first-order valence-corrected chi connectivity index (χ1v) is 6.86. The number of hydrogen-bond acceptors (Lipinski definition) is 1. The van der Waals surface area contributed by atoms with Crippen molar-refractivity contribution < 1.29 is 4.79 Å². The number of halogens is 1. The number of aryl methyl sites for hydroxylation is 1. The first-order chi connectivity index (χ1) is 8.32. The summed E-state index contributed by atoms with van der Waals surface area (Å²) in [6.45, 7) is 9.93. The molecule has 0 N–H and O–H groups in total. The van der Waals surface area contributed by atoms with Gasteiger partial charge in [0.25, 0.3) is 5.91 Å². The van der Waals surface area contributed by atoms with E-state index in [4.69, 9.17) is 0 Å². The van der Waals surface area contributed by atoms with Gasteiger partial charge in [0.2, 0.25) is 0 Å². The molecule has 3 heteroatoms. The van der Waals surface area contributed by atoms with E-state index in [-0.39, 0.29) is 11.9 Å². The molecule has 0 atom stereocenters. The molecule has 0 aliphatic heterocycles. The fourth-order valence-electron chi connectivity index (χ4n) is 1.73. The number of rotatable bonds is 3. The number of carbonyl (C=O) groups is 1. The van der Waals surface area contributed by atoms with Crippen LogP contribution < -0.4 is 4.90 Å². The average molecular weight is 310 g/mol. The van der Waals surface area contributed by atoms with Gasteiger partial charge in [-0.25, -0.2) is 0 Å². The summed E-state index contributed by atoms with van der Waals surface area (Å²) in [6, 6.07) is 6.12. The molecule has 18 heavy (non-hydrogen) atoms. The van der Waals surface area contributed by atoms with Crippen molar-refractivity contribution in [1.29, 1.82) is 0 Å². The molecule has 0 aliphatic rings. The van der Waals surface area contributed by atoms with Crippen LogP contribution in [0.15, 0.2) is 34.3 Å². The quantitative estimate of drug-likeness (QED) is 0.755. The molecular formula is C15H20BrNO. The molecule has 0 unspecified atom stereocenters. The maximum atomic E-state index is 12.2. The van der Waals surface area contributed by atoms with Gasteiger partial charge in [0, 0.05) is 22.3 Å². The van der Waals surface area contributed by atoms with Crippen molar-refractivity contribution in [3.05, 3.63) is 39.9 Å². The van der Waals surface area contributed by atoms with Gasteiger partial charge in [-0.3, -0.25) is 4.79 Å². The lowest BCUT2D eigenvalue weighted by Gasteiger charge is -2.26. The number of benzene rings is 1. The van der Waals surface area contributed by atoms with E-state index in [0.717, 1.165) is 21.3 Å². The zero-order chi connectivity index (χ0) is 13.9. The molecule has 1 amide bonds. The van der Waals surface area contributed by atoms with Gasteiger partial charge in [-0.1, -0.05) is 27.6 Å². The van der Waals surface area contributed by atoms with Crippen LogP contribution in [-0.2, 0) is 4.79 Å². The van der Waals surface area contributed by atoms with Crippen LogP contribution in [0.2, 0.25) is 0 Å². The monoisotopic (exact) mass is 309 g/mol. The van der Waals surface area contributed by atoms with Gasteiger partial charge in [-0.15, -0.1) is 0 Å². The molecule has 0 spiro atoms. The Morgan fingerprint density at radius 1 is 1.33 bits per heavy atom.